The number of carbonyl (C=O) groups is 1. The third-order valence-corrected chi connectivity index (χ3v) is 4.73. The zero-order valence-electron chi connectivity index (χ0n) is 12.5. The first-order valence-electron chi connectivity index (χ1n) is 6.46. The molecule has 1 aromatic carbocycles. The molecule has 1 aromatic rings. The lowest BCUT2D eigenvalue weighted by atomic mass is 10.2. The maximum absolute atomic E-state index is 11.8. The van der Waals surface area contributed by atoms with Crippen LogP contribution >= 0.6 is 7.60 Å². The molecule has 0 atom stereocenters. The Morgan fingerprint density at radius 1 is 1.10 bits per heavy atom. The van der Waals surface area contributed by atoms with Crippen molar-refractivity contribution in [1.82, 2.24) is 0 Å². The number of hydrogen-bond donors (Lipinski definition) is 0. The summed E-state index contributed by atoms with van der Waals surface area (Å²) >= 11 is 0. The molecular weight excluding hydrogens is 295 g/mol. The molecule has 7 heteroatoms. The van der Waals surface area contributed by atoms with E-state index in [9.17, 15) is 9.36 Å². The third-order valence-electron chi connectivity index (χ3n) is 2.88. The predicted molar refractivity (Wildman–Crippen MR) is 78.8 cm³/mol. The molecule has 0 aliphatic carbocycles. The molecule has 0 spiro atoms. The van der Waals surface area contributed by atoms with E-state index in [-0.39, 0.29) is 25.0 Å². The Bertz CT molecular complexity index is 477. The number of methoxy groups -OCH3 is 1. The molecule has 0 heterocycles. The predicted octanol–water partition coefficient (Wildman–Crippen LogP) is 2.66. The minimum Gasteiger partial charge on any atom is -0.497 e. The van der Waals surface area contributed by atoms with Crippen LogP contribution in [-0.2, 0) is 29.8 Å². The van der Waals surface area contributed by atoms with Crippen molar-refractivity contribution >= 4 is 13.4 Å². The van der Waals surface area contributed by atoms with E-state index in [0.29, 0.717) is 6.61 Å². The summed E-state index contributed by atoms with van der Waals surface area (Å²) in [6, 6.07) is 7.48. The fraction of sp³-hybridized carbons (Fsp3) is 0.500. The van der Waals surface area contributed by atoms with E-state index in [4.69, 9.17) is 18.5 Å². The average molecular weight is 316 g/mol. The number of rotatable bonds is 10. The van der Waals surface area contributed by atoms with Crippen molar-refractivity contribution in [3.8, 4) is 5.75 Å². The van der Waals surface area contributed by atoms with E-state index in [1.807, 2.05) is 24.3 Å². The van der Waals surface area contributed by atoms with Crippen LogP contribution in [0.5, 0.6) is 5.75 Å². The number of benzene rings is 1. The van der Waals surface area contributed by atoms with Gasteiger partial charge in [0.2, 0.25) is 0 Å². The number of Topliss-reactive ketones (excluding diaryl/α,β-unsaturated/α-hetero) is 1. The molecule has 0 fully saturated rings. The molecule has 0 radical (unpaired) electrons. The van der Waals surface area contributed by atoms with Gasteiger partial charge in [0, 0.05) is 20.6 Å². The molecule has 0 aromatic heterocycles. The lowest BCUT2D eigenvalue weighted by molar-refractivity contribution is -0.118. The Balaban J connectivity index is 2.27. The molecule has 0 unspecified atom stereocenters. The smallest absolute Gasteiger partial charge is 0.337 e. The molecule has 1 rings (SSSR count). The maximum Gasteiger partial charge on any atom is 0.337 e. The third kappa shape index (κ3) is 6.40. The van der Waals surface area contributed by atoms with Crippen LogP contribution < -0.4 is 4.74 Å². The second-order valence-electron chi connectivity index (χ2n) is 4.32. The van der Waals surface area contributed by atoms with Gasteiger partial charge in [-0.3, -0.25) is 9.36 Å². The summed E-state index contributed by atoms with van der Waals surface area (Å²) in [5, 5.41) is 0. The van der Waals surface area contributed by atoms with Gasteiger partial charge in [-0.2, -0.15) is 0 Å². The highest BCUT2D eigenvalue weighted by molar-refractivity contribution is 7.54. The van der Waals surface area contributed by atoms with Crippen molar-refractivity contribution < 1.29 is 27.9 Å². The van der Waals surface area contributed by atoms with Crippen LogP contribution in [-0.4, -0.2) is 39.9 Å². The van der Waals surface area contributed by atoms with Gasteiger partial charge in [0.15, 0.2) is 0 Å². The van der Waals surface area contributed by atoms with E-state index >= 15 is 0 Å². The summed E-state index contributed by atoms with van der Waals surface area (Å²) in [6.45, 7) is 0.668. The van der Waals surface area contributed by atoms with E-state index in [2.05, 4.69) is 0 Å². The van der Waals surface area contributed by atoms with Gasteiger partial charge in [-0.25, -0.2) is 0 Å². The number of carbonyl (C=O) groups excluding carboxylic acids is 1. The summed E-state index contributed by atoms with van der Waals surface area (Å²) in [5.74, 6) is 0.570. The largest absolute Gasteiger partial charge is 0.497 e. The minimum absolute atomic E-state index is 0.173. The summed E-state index contributed by atoms with van der Waals surface area (Å²) < 4.78 is 31.7. The highest BCUT2D eigenvalue weighted by atomic mass is 31.2. The molecule has 0 amide bonds. The Morgan fingerprint density at radius 2 is 1.71 bits per heavy atom. The van der Waals surface area contributed by atoms with E-state index < -0.39 is 7.60 Å². The maximum atomic E-state index is 11.8. The first-order valence-corrected chi connectivity index (χ1v) is 8.18. The fourth-order valence-electron chi connectivity index (χ4n) is 1.60. The highest BCUT2D eigenvalue weighted by Crippen LogP contribution is 2.46. The molecule has 0 saturated carbocycles. The van der Waals surface area contributed by atoms with Crippen LogP contribution in [0, 0.1) is 0 Å². The second-order valence-corrected chi connectivity index (χ2v) is 6.59. The van der Waals surface area contributed by atoms with Crippen LogP contribution in [0.4, 0.5) is 0 Å². The molecule has 0 saturated heterocycles. The quantitative estimate of drug-likeness (QED) is 0.488. The topological polar surface area (TPSA) is 71.1 Å². The van der Waals surface area contributed by atoms with Gasteiger partial charge in [0.25, 0.3) is 0 Å². The summed E-state index contributed by atoms with van der Waals surface area (Å²) in [7, 11) is 0.858. The molecular formula is C14H21O6P. The van der Waals surface area contributed by atoms with Gasteiger partial charge in [-0.05, 0) is 17.7 Å². The lowest BCUT2D eigenvalue weighted by Gasteiger charge is -2.12. The molecule has 0 aliphatic heterocycles. The van der Waals surface area contributed by atoms with E-state index in [1.54, 1.807) is 7.11 Å². The van der Waals surface area contributed by atoms with Gasteiger partial charge < -0.3 is 18.5 Å². The molecule has 0 bridgehead atoms. The Hall–Kier alpha value is -1.20. The SMILES string of the molecule is COc1ccc(COCCC(=O)CP(=O)(OC)OC)cc1. The van der Waals surface area contributed by atoms with Crippen LogP contribution in [0.3, 0.4) is 0 Å². The van der Waals surface area contributed by atoms with Gasteiger partial charge in [0.1, 0.15) is 17.7 Å². The standard InChI is InChI=1S/C14H21O6P/c1-17-14-6-4-12(5-7-14)10-20-9-8-13(15)11-21(16,18-2)19-3/h4-7H,8-11H2,1-3H3. The molecule has 0 aliphatic rings. The Labute approximate surface area is 124 Å². The number of ketones is 1. The molecule has 118 valence electrons. The molecule has 21 heavy (non-hydrogen) atoms. The van der Waals surface area contributed by atoms with E-state index in [0.717, 1.165) is 11.3 Å². The number of ether oxygens (including phenoxy) is 2. The van der Waals surface area contributed by atoms with Gasteiger partial charge in [0.05, 0.1) is 20.3 Å². The Morgan fingerprint density at radius 3 is 2.24 bits per heavy atom. The number of hydrogen-bond acceptors (Lipinski definition) is 6. The average Bonchev–Trinajstić information content (AvgIpc) is 2.52. The van der Waals surface area contributed by atoms with Crippen molar-refractivity contribution in [3.05, 3.63) is 29.8 Å². The van der Waals surface area contributed by atoms with Gasteiger partial charge in [-0.15, -0.1) is 0 Å². The summed E-state index contributed by atoms with van der Waals surface area (Å²) in [5.41, 5.74) is 0.989. The zero-order valence-corrected chi connectivity index (χ0v) is 13.4. The fourth-order valence-corrected chi connectivity index (χ4v) is 2.59. The zero-order chi connectivity index (χ0) is 15.7. The van der Waals surface area contributed by atoms with E-state index in [1.165, 1.54) is 14.2 Å². The van der Waals surface area contributed by atoms with Crippen molar-refractivity contribution in [2.75, 3.05) is 34.1 Å². The first-order chi connectivity index (χ1) is 10.0. The molecule has 6 nitrogen and oxygen atoms in total. The highest BCUT2D eigenvalue weighted by Gasteiger charge is 2.24. The summed E-state index contributed by atoms with van der Waals surface area (Å²) in [6.07, 6.45) is -0.0568. The Kier molecular flexibility index (Phi) is 7.61. The van der Waals surface area contributed by atoms with Crippen molar-refractivity contribution in [3.63, 3.8) is 0 Å². The van der Waals surface area contributed by atoms with Gasteiger partial charge >= 0.3 is 7.60 Å². The van der Waals surface area contributed by atoms with Gasteiger partial charge in [-0.1, -0.05) is 12.1 Å². The first kappa shape index (κ1) is 17.9. The molecule has 0 N–H and O–H groups in total. The van der Waals surface area contributed by atoms with Crippen LogP contribution in [0.2, 0.25) is 0 Å². The second kappa shape index (κ2) is 8.95. The normalized spacial score (nSPS) is 11.4. The van der Waals surface area contributed by atoms with Crippen LogP contribution in [0.1, 0.15) is 12.0 Å². The van der Waals surface area contributed by atoms with Crippen molar-refractivity contribution in [2.24, 2.45) is 0 Å². The monoisotopic (exact) mass is 316 g/mol. The van der Waals surface area contributed by atoms with Crippen molar-refractivity contribution in [1.29, 1.82) is 0 Å². The lowest BCUT2D eigenvalue weighted by Crippen LogP contribution is -2.10. The van der Waals surface area contributed by atoms with Crippen LogP contribution in [0.25, 0.3) is 0 Å². The minimum atomic E-state index is -3.27. The summed E-state index contributed by atoms with van der Waals surface area (Å²) in [4.78, 5) is 11.6. The van der Waals surface area contributed by atoms with Crippen LogP contribution in [0.15, 0.2) is 24.3 Å². The van der Waals surface area contributed by atoms with Crippen molar-refractivity contribution in [2.45, 2.75) is 13.0 Å².